The summed E-state index contributed by atoms with van der Waals surface area (Å²) in [5, 5.41) is 0. The van der Waals surface area contributed by atoms with Crippen LogP contribution in [-0.4, -0.2) is 84.9 Å². The van der Waals surface area contributed by atoms with Crippen LogP contribution in [-0.2, 0) is 39.1 Å². The van der Waals surface area contributed by atoms with E-state index < -0.39 is 10.0 Å². The Morgan fingerprint density at radius 3 is 2.68 bits per heavy atom. The molecule has 0 aliphatic carbocycles. The number of amides is 1. The van der Waals surface area contributed by atoms with Gasteiger partial charge in [-0.05, 0) is 31.2 Å². The average Bonchev–Trinajstić information content (AvgIpc) is 2.86. The second-order valence-corrected chi connectivity index (χ2v) is 12.3. The van der Waals surface area contributed by atoms with Crippen molar-refractivity contribution in [1.29, 1.82) is 0 Å². The number of ether oxygens (including phenoxy) is 2. The molecule has 0 N–H and O–H groups in total. The highest BCUT2D eigenvalue weighted by Crippen LogP contribution is 2.27. The topological polar surface area (TPSA) is 105 Å². The molecule has 0 saturated carbocycles. The van der Waals surface area contributed by atoms with Crippen LogP contribution in [0.15, 0.2) is 36.5 Å². The number of sulfonamides is 1. The smallest absolute Gasteiger partial charge is 0.410 e. The van der Waals surface area contributed by atoms with Gasteiger partial charge >= 0.3 is 6.09 Å². The molecule has 1 aromatic heterocycles. The summed E-state index contributed by atoms with van der Waals surface area (Å²) in [6.07, 6.45) is 5.28. The molecule has 0 spiro atoms. The first-order chi connectivity index (χ1) is 17.8. The molecule has 4 heterocycles. The highest BCUT2D eigenvalue weighted by Gasteiger charge is 2.34. The molecule has 11 heteroatoms. The molecule has 2 aromatic rings. The third kappa shape index (κ3) is 6.22. The molecule has 1 aromatic carbocycles. The van der Waals surface area contributed by atoms with E-state index in [1.165, 1.54) is 10.6 Å². The minimum atomic E-state index is -3.21. The molecular weight excluding hydrogens is 494 g/mol. The van der Waals surface area contributed by atoms with Crippen LogP contribution < -0.4 is 4.90 Å². The number of likely N-dealkylation sites (tertiary alicyclic amines) is 1. The number of carbonyl (C=O) groups is 1. The lowest BCUT2D eigenvalue weighted by Gasteiger charge is -2.41. The van der Waals surface area contributed by atoms with Crippen molar-refractivity contribution in [1.82, 2.24) is 19.2 Å². The molecule has 5 rings (SSSR count). The summed E-state index contributed by atoms with van der Waals surface area (Å²) in [7, 11) is -3.21. The van der Waals surface area contributed by atoms with E-state index in [1.807, 2.05) is 35.2 Å². The van der Waals surface area contributed by atoms with Crippen molar-refractivity contribution in [3.63, 3.8) is 0 Å². The molecule has 3 aliphatic heterocycles. The molecule has 0 unspecified atom stereocenters. The Labute approximate surface area is 218 Å². The molecule has 1 amide bonds. The monoisotopic (exact) mass is 529 g/mol. The molecular formula is C26H35N5O5S. The molecule has 200 valence electrons. The summed E-state index contributed by atoms with van der Waals surface area (Å²) in [4.78, 5) is 25.6. The third-order valence-corrected chi connectivity index (χ3v) is 8.73. The first-order valence-electron chi connectivity index (χ1n) is 12.9. The van der Waals surface area contributed by atoms with Crippen molar-refractivity contribution in [2.24, 2.45) is 5.92 Å². The predicted octanol–water partition coefficient (Wildman–Crippen LogP) is 2.44. The van der Waals surface area contributed by atoms with Crippen molar-refractivity contribution < 1.29 is 22.7 Å². The van der Waals surface area contributed by atoms with Gasteiger partial charge in [0.15, 0.2) is 0 Å². The highest BCUT2D eigenvalue weighted by atomic mass is 32.2. The fraction of sp³-hybridized carbons (Fsp3) is 0.577. The number of carbonyl (C=O) groups excluding carboxylic acids is 1. The lowest BCUT2D eigenvalue weighted by Crippen LogP contribution is -2.54. The zero-order chi connectivity index (χ0) is 26.0. The van der Waals surface area contributed by atoms with E-state index in [0.717, 1.165) is 42.8 Å². The minimum Gasteiger partial charge on any atom is -0.445 e. The number of hydrogen-bond acceptors (Lipinski definition) is 8. The van der Waals surface area contributed by atoms with Crippen LogP contribution in [0.4, 0.5) is 10.7 Å². The molecule has 2 saturated heterocycles. The zero-order valence-corrected chi connectivity index (χ0v) is 22.3. The summed E-state index contributed by atoms with van der Waals surface area (Å²) >= 11 is 0. The van der Waals surface area contributed by atoms with Crippen LogP contribution >= 0.6 is 0 Å². The number of hydrogen-bond donors (Lipinski definition) is 0. The average molecular weight is 530 g/mol. The summed E-state index contributed by atoms with van der Waals surface area (Å²) in [6, 6.07) is 9.84. The number of fused-ring (bicyclic) bond motifs is 1. The second-order valence-electron chi connectivity index (χ2n) is 10.3. The van der Waals surface area contributed by atoms with Gasteiger partial charge in [0, 0.05) is 56.9 Å². The van der Waals surface area contributed by atoms with Crippen LogP contribution in [0.2, 0.25) is 0 Å². The maximum Gasteiger partial charge on any atom is 0.410 e. The Hall–Kier alpha value is -2.76. The molecule has 2 fully saturated rings. The lowest BCUT2D eigenvalue weighted by atomic mass is 9.92. The van der Waals surface area contributed by atoms with Crippen LogP contribution in [0.5, 0.6) is 0 Å². The fourth-order valence-electron chi connectivity index (χ4n) is 5.19. The number of rotatable bonds is 7. The van der Waals surface area contributed by atoms with Crippen molar-refractivity contribution in [3.05, 3.63) is 53.3 Å². The normalized spacial score (nSPS) is 22.9. The predicted molar refractivity (Wildman–Crippen MR) is 138 cm³/mol. The van der Waals surface area contributed by atoms with Crippen LogP contribution in [0.3, 0.4) is 0 Å². The van der Waals surface area contributed by atoms with Gasteiger partial charge in [-0.15, -0.1) is 0 Å². The SMILES string of the molecule is C[C@@H]1C[C@H](COC2CN(c3ncc4c(n3)CCN(S(C)(=O)=O)C4)C2)CCN1C(=O)OCc1ccccc1. The number of anilines is 1. The Morgan fingerprint density at radius 1 is 1.16 bits per heavy atom. The number of nitrogens with zero attached hydrogens (tertiary/aromatic N) is 5. The van der Waals surface area contributed by atoms with Gasteiger partial charge in [-0.1, -0.05) is 30.3 Å². The van der Waals surface area contributed by atoms with Gasteiger partial charge < -0.3 is 19.3 Å². The zero-order valence-electron chi connectivity index (χ0n) is 21.5. The van der Waals surface area contributed by atoms with E-state index in [0.29, 0.717) is 51.1 Å². The molecule has 0 bridgehead atoms. The van der Waals surface area contributed by atoms with E-state index >= 15 is 0 Å². The van der Waals surface area contributed by atoms with Crippen LogP contribution in [0.1, 0.15) is 36.6 Å². The van der Waals surface area contributed by atoms with Crippen molar-refractivity contribution in [3.8, 4) is 0 Å². The van der Waals surface area contributed by atoms with E-state index in [4.69, 9.17) is 14.5 Å². The largest absolute Gasteiger partial charge is 0.445 e. The van der Waals surface area contributed by atoms with Crippen LogP contribution in [0.25, 0.3) is 0 Å². The van der Waals surface area contributed by atoms with Crippen molar-refractivity contribution >= 4 is 22.1 Å². The standard InChI is InChI=1S/C26H35N5O5S/c1-19-12-21(8-11-31(19)26(32)36-17-20-6-4-3-5-7-20)18-35-23-15-29(16-23)25-27-13-22-14-30(37(2,33)34)10-9-24(22)28-25/h3-7,13,19,21,23H,8-12,14-18H2,1-2H3/t19-,21-/m1/s1. The fourth-order valence-corrected chi connectivity index (χ4v) is 5.99. The van der Waals surface area contributed by atoms with Gasteiger partial charge in [0.05, 0.1) is 24.7 Å². The van der Waals surface area contributed by atoms with Crippen molar-refractivity contribution in [2.45, 2.75) is 51.5 Å². The Bertz CT molecular complexity index is 1210. The summed E-state index contributed by atoms with van der Waals surface area (Å²) in [5.41, 5.74) is 2.79. The highest BCUT2D eigenvalue weighted by molar-refractivity contribution is 7.88. The van der Waals surface area contributed by atoms with Crippen molar-refractivity contribution in [2.75, 3.05) is 43.9 Å². The Morgan fingerprint density at radius 2 is 1.95 bits per heavy atom. The Balaban J connectivity index is 1.03. The molecule has 3 aliphatic rings. The van der Waals surface area contributed by atoms with Gasteiger partial charge in [-0.2, -0.15) is 4.31 Å². The molecule has 37 heavy (non-hydrogen) atoms. The summed E-state index contributed by atoms with van der Waals surface area (Å²) in [6.45, 7) is 6.01. The van der Waals surface area contributed by atoms with Gasteiger partial charge in [0.2, 0.25) is 16.0 Å². The minimum absolute atomic E-state index is 0.117. The maximum absolute atomic E-state index is 12.6. The first kappa shape index (κ1) is 25.9. The van der Waals surface area contributed by atoms with Gasteiger partial charge in [-0.25, -0.2) is 23.2 Å². The Kier molecular flexibility index (Phi) is 7.64. The second kappa shape index (κ2) is 10.9. The quantitative estimate of drug-likeness (QED) is 0.539. The molecule has 0 radical (unpaired) electrons. The summed E-state index contributed by atoms with van der Waals surface area (Å²) < 4.78 is 36.8. The van der Waals surface area contributed by atoms with E-state index in [-0.39, 0.29) is 18.2 Å². The van der Waals surface area contributed by atoms with E-state index in [9.17, 15) is 13.2 Å². The lowest BCUT2D eigenvalue weighted by molar-refractivity contribution is -0.0103. The number of aromatic nitrogens is 2. The van der Waals surface area contributed by atoms with Crippen LogP contribution in [0, 0.1) is 5.92 Å². The van der Waals surface area contributed by atoms with Gasteiger partial charge in [0.1, 0.15) is 6.61 Å². The van der Waals surface area contributed by atoms with E-state index in [1.54, 1.807) is 6.20 Å². The van der Waals surface area contributed by atoms with Gasteiger partial charge in [0.25, 0.3) is 0 Å². The third-order valence-electron chi connectivity index (χ3n) is 7.48. The number of piperidine rings is 1. The van der Waals surface area contributed by atoms with E-state index in [2.05, 4.69) is 16.8 Å². The molecule has 10 nitrogen and oxygen atoms in total. The first-order valence-corrected chi connectivity index (χ1v) is 14.7. The summed E-state index contributed by atoms with van der Waals surface area (Å²) in [5.74, 6) is 1.10. The molecule has 2 atom stereocenters. The van der Waals surface area contributed by atoms with Gasteiger partial charge in [-0.3, -0.25) is 0 Å². The maximum atomic E-state index is 12.6. The number of benzene rings is 1.